The number of primary amides is 1. The number of carbonyl (C=O) groups is 2. The highest BCUT2D eigenvalue weighted by Crippen LogP contribution is 2.23. The summed E-state index contributed by atoms with van der Waals surface area (Å²) in [7, 11) is 0. The lowest BCUT2D eigenvalue weighted by Gasteiger charge is -2.19. The number of urea groups is 1. The minimum absolute atomic E-state index is 0.0276. The van der Waals surface area contributed by atoms with Gasteiger partial charge in [0.1, 0.15) is 5.75 Å². The van der Waals surface area contributed by atoms with Gasteiger partial charge in [-0.15, -0.1) is 5.06 Å². The number of nitrogens with zero attached hydrogens (tertiary/aromatic N) is 1. The van der Waals surface area contributed by atoms with E-state index in [1.807, 2.05) is 13.0 Å². The van der Waals surface area contributed by atoms with Crippen molar-refractivity contribution >= 4 is 17.7 Å². The molecule has 2 aromatic rings. The molecule has 6 N–H and O–H groups in total. The van der Waals surface area contributed by atoms with Crippen LogP contribution in [0.1, 0.15) is 73.8 Å². The zero-order chi connectivity index (χ0) is 28.6. The maximum absolute atomic E-state index is 11.7. The molecule has 0 radical (unpaired) electrons. The van der Waals surface area contributed by atoms with Crippen LogP contribution in [-0.4, -0.2) is 53.6 Å². The van der Waals surface area contributed by atoms with Gasteiger partial charge in [-0.3, -0.25) is 0 Å². The number of aliphatic hydroxyl groups excluding tert-OH is 2. The fourth-order valence-corrected chi connectivity index (χ4v) is 4.19. The molecule has 2 rings (SSSR count). The summed E-state index contributed by atoms with van der Waals surface area (Å²) in [6.45, 7) is 5.50. The molecule has 2 aromatic carbocycles. The van der Waals surface area contributed by atoms with E-state index in [2.05, 4.69) is 5.32 Å². The lowest BCUT2D eigenvalue weighted by molar-refractivity contribution is -0.141. The zero-order valence-electron chi connectivity index (χ0n) is 23.0. The van der Waals surface area contributed by atoms with Gasteiger partial charge in [-0.2, -0.15) is 0 Å². The largest absolute Gasteiger partial charge is 0.508 e. The Balaban J connectivity index is 1.52. The summed E-state index contributed by atoms with van der Waals surface area (Å²) in [6.07, 6.45) is 6.12. The summed E-state index contributed by atoms with van der Waals surface area (Å²) in [5.74, 6) is -0.592. The van der Waals surface area contributed by atoms with E-state index < -0.39 is 18.1 Å². The highest BCUT2D eigenvalue weighted by atomic mass is 16.7. The van der Waals surface area contributed by atoms with Crippen LogP contribution >= 0.6 is 0 Å². The molecule has 0 saturated carbocycles. The third-order valence-corrected chi connectivity index (χ3v) is 6.17. The van der Waals surface area contributed by atoms with Crippen molar-refractivity contribution in [2.45, 2.75) is 71.5 Å². The molecular formula is C29H43N3O7. The summed E-state index contributed by atoms with van der Waals surface area (Å²) in [5.41, 5.74) is 8.83. The summed E-state index contributed by atoms with van der Waals surface area (Å²) in [6, 6.07) is 9.49. The Morgan fingerprint density at radius 3 is 2.44 bits per heavy atom. The number of phenols is 1. The number of aryl methyl sites for hydroxylation is 2. The second kappa shape index (κ2) is 17.4. The number of nitrogens with two attached hydrogens (primary N) is 1. The van der Waals surface area contributed by atoms with Gasteiger partial charge in [0.25, 0.3) is 0 Å². The number of rotatable bonds is 17. The van der Waals surface area contributed by atoms with Crippen molar-refractivity contribution in [3.8, 4) is 5.75 Å². The number of hydroxylamine groups is 1. The van der Waals surface area contributed by atoms with Crippen molar-refractivity contribution in [1.82, 2.24) is 5.32 Å². The summed E-state index contributed by atoms with van der Waals surface area (Å²) in [4.78, 5) is 27.9. The van der Waals surface area contributed by atoms with Gasteiger partial charge in [0.15, 0.2) is 0 Å². The van der Waals surface area contributed by atoms with Gasteiger partial charge in [-0.25, -0.2) is 9.59 Å². The standard InChI is InChI=1S/C29H43N3O7/c1-21-15-23(17-26(16-21)32(29(30)37)39-22(2)34)9-5-8-14-38-13-7-4-3-6-12-31-19-28(36)24-10-11-27(35)25(18-24)20-33/h10-11,15-18,28,31,33,35-36H,3-9,12-14,19-20H2,1-2H3,(H2,30,37)/t28-/m0/s1. The molecule has 0 aromatic heterocycles. The minimum atomic E-state index is -0.853. The number of unbranched alkanes of at least 4 members (excludes halogenated alkanes) is 4. The summed E-state index contributed by atoms with van der Waals surface area (Å²) in [5, 5.41) is 33.2. The number of anilines is 1. The van der Waals surface area contributed by atoms with E-state index in [9.17, 15) is 24.9 Å². The van der Waals surface area contributed by atoms with Crippen LogP contribution < -0.4 is 16.1 Å². The van der Waals surface area contributed by atoms with E-state index in [-0.39, 0.29) is 12.4 Å². The van der Waals surface area contributed by atoms with E-state index in [0.29, 0.717) is 30.0 Å². The Morgan fingerprint density at radius 1 is 1.03 bits per heavy atom. The zero-order valence-corrected chi connectivity index (χ0v) is 23.0. The highest BCUT2D eigenvalue weighted by Gasteiger charge is 2.17. The molecule has 216 valence electrons. The van der Waals surface area contributed by atoms with Crippen LogP contribution in [0.2, 0.25) is 0 Å². The summed E-state index contributed by atoms with van der Waals surface area (Å²) < 4.78 is 5.76. The first-order valence-corrected chi connectivity index (χ1v) is 13.5. The molecule has 0 saturated heterocycles. The normalized spacial score (nSPS) is 11.8. The monoisotopic (exact) mass is 545 g/mol. The fourth-order valence-electron chi connectivity index (χ4n) is 4.19. The predicted molar refractivity (Wildman–Crippen MR) is 149 cm³/mol. The Kier molecular flexibility index (Phi) is 14.3. The lowest BCUT2D eigenvalue weighted by atomic mass is 10.0. The van der Waals surface area contributed by atoms with Gasteiger partial charge in [-0.05, 0) is 86.5 Å². The Hall–Kier alpha value is -3.18. The third kappa shape index (κ3) is 12.0. The van der Waals surface area contributed by atoms with E-state index >= 15 is 0 Å². The highest BCUT2D eigenvalue weighted by molar-refractivity contribution is 5.90. The molecule has 10 heteroatoms. The van der Waals surface area contributed by atoms with Gasteiger partial charge < -0.3 is 35.9 Å². The van der Waals surface area contributed by atoms with Gasteiger partial charge >= 0.3 is 12.0 Å². The van der Waals surface area contributed by atoms with Crippen LogP contribution in [0.3, 0.4) is 0 Å². The van der Waals surface area contributed by atoms with Crippen molar-refractivity contribution in [1.29, 1.82) is 0 Å². The van der Waals surface area contributed by atoms with E-state index in [0.717, 1.165) is 74.3 Å². The van der Waals surface area contributed by atoms with Crippen molar-refractivity contribution in [2.24, 2.45) is 5.73 Å². The predicted octanol–water partition coefficient (Wildman–Crippen LogP) is 3.78. The number of benzene rings is 2. The Bertz CT molecular complexity index is 1050. The second-order valence-electron chi connectivity index (χ2n) is 9.64. The molecule has 0 fully saturated rings. The molecule has 10 nitrogen and oxygen atoms in total. The maximum atomic E-state index is 11.7. The van der Waals surface area contributed by atoms with Crippen molar-refractivity contribution in [3.05, 3.63) is 58.7 Å². The first-order valence-electron chi connectivity index (χ1n) is 13.5. The molecular weight excluding hydrogens is 502 g/mol. The second-order valence-corrected chi connectivity index (χ2v) is 9.64. The molecule has 1 atom stereocenters. The number of amides is 2. The van der Waals surface area contributed by atoms with Crippen molar-refractivity contribution < 1.29 is 34.5 Å². The number of aliphatic hydroxyl groups is 2. The van der Waals surface area contributed by atoms with Crippen LogP contribution in [0, 0.1) is 6.92 Å². The fraction of sp³-hybridized carbons (Fsp3) is 0.517. The lowest BCUT2D eigenvalue weighted by Crippen LogP contribution is -2.37. The number of nitrogens with one attached hydrogen (secondary N) is 1. The van der Waals surface area contributed by atoms with Crippen LogP contribution in [0.15, 0.2) is 36.4 Å². The molecule has 0 spiro atoms. The number of aromatic hydroxyl groups is 1. The number of hydrogen-bond acceptors (Lipinski definition) is 8. The average Bonchev–Trinajstić information content (AvgIpc) is 2.89. The molecule has 0 aliphatic rings. The molecule has 0 bridgehead atoms. The third-order valence-electron chi connectivity index (χ3n) is 6.17. The van der Waals surface area contributed by atoms with Gasteiger partial charge in [0.2, 0.25) is 0 Å². The molecule has 0 unspecified atom stereocenters. The van der Waals surface area contributed by atoms with E-state index in [1.54, 1.807) is 24.3 Å². The van der Waals surface area contributed by atoms with Gasteiger partial charge in [-0.1, -0.05) is 25.0 Å². The molecule has 2 amide bonds. The van der Waals surface area contributed by atoms with Crippen LogP contribution in [-0.2, 0) is 27.4 Å². The first kappa shape index (κ1) is 32.0. The Morgan fingerprint density at radius 2 is 1.74 bits per heavy atom. The molecule has 0 heterocycles. The number of carbonyl (C=O) groups excluding carboxylic acids is 2. The Labute approximate surface area is 230 Å². The molecule has 0 aliphatic carbocycles. The van der Waals surface area contributed by atoms with Crippen LogP contribution in [0.25, 0.3) is 0 Å². The summed E-state index contributed by atoms with van der Waals surface area (Å²) >= 11 is 0. The molecule has 0 aliphatic heterocycles. The first-order chi connectivity index (χ1) is 18.7. The van der Waals surface area contributed by atoms with Crippen molar-refractivity contribution in [3.63, 3.8) is 0 Å². The molecule has 39 heavy (non-hydrogen) atoms. The topological polar surface area (TPSA) is 155 Å². The average molecular weight is 546 g/mol. The SMILES string of the molecule is CC(=O)ON(C(N)=O)c1cc(C)cc(CCCCOCCCCCCNC[C@H](O)c2ccc(O)c(CO)c2)c1. The van der Waals surface area contributed by atoms with Crippen LogP contribution in [0.4, 0.5) is 10.5 Å². The smallest absolute Gasteiger partial charge is 0.352 e. The number of ether oxygens (including phenoxy) is 1. The van der Waals surface area contributed by atoms with E-state index in [1.165, 1.54) is 13.0 Å². The van der Waals surface area contributed by atoms with Crippen LogP contribution in [0.5, 0.6) is 5.75 Å². The maximum Gasteiger partial charge on any atom is 0.352 e. The minimum Gasteiger partial charge on any atom is -0.508 e. The quantitative estimate of drug-likeness (QED) is 0.149. The van der Waals surface area contributed by atoms with Crippen molar-refractivity contribution in [2.75, 3.05) is 31.4 Å². The van der Waals surface area contributed by atoms with Gasteiger partial charge in [0.05, 0.1) is 18.4 Å². The van der Waals surface area contributed by atoms with E-state index in [4.69, 9.17) is 15.3 Å². The number of hydrogen-bond donors (Lipinski definition) is 5. The van der Waals surface area contributed by atoms with Gasteiger partial charge in [0, 0.05) is 32.2 Å².